The molecule has 2 heterocycles. The van der Waals surface area contributed by atoms with Crippen LogP contribution in [-0.2, 0) is 4.74 Å². The molecule has 27 heavy (non-hydrogen) atoms. The summed E-state index contributed by atoms with van der Waals surface area (Å²) in [6, 6.07) is 7.43. The normalized spacial score (nSPS) is 17.6. The topological polar surface area (TPSA) is 60.2 Å². The Kier molecular flexibility index (Phi) is 5.08. The van der Waals surface area contributed by atoms with Gasteiger partial charge in [-0.15, -0.1) is 4.85 Å². The van der Waals surface area contributed by atoms with Gasteiger partial charge in [0.05, 0.1) is 40.4 Å². The zero-order valence-corrected chi connectivity index (χ0v) is 15.3. The van der Waals surface area contributed by atoms with Crippen LogP contribution in [0.2, 0.25) is 0 Å². The molecule has 1 aromatic carbocycles. The van der Waals surface area contributed by atoms with Gasteiger partial charge in [-0.25, -0.2) is 0 Å². The van der Waals surface area contributed by atoms with Gasteiger partial charge in [0.1, 0.15) is 5.21 Å². The van der Waals surface area contributed by atoms with Gasteiger partial charge < -0.3 is 9.94 Å². The van der Waals surface area contributed by atoms with Crippen molar-refractivity contribution in [3.05, 3.63) is 29.5 Å². The second-order valence-corrected chi connectivity index (χ2v) is 7.83. The second-order valence-electron chi connectivity index (χ2n) is 5.92. The van der Waals surface area contributed by atoms with Crippen LogP contribution in [0.1, 0.15) is 0 Å². The molecular weight excluding hydrogens is 403 g/mol. The van der Waals surface area contributed by atoms with E-state index in [-0.39, 0.29) is 0 Å². The predicted molar refractivity (Wildman–Crippen MR) is 87.2 cm³/mol. The Balaban J connectivity index is 0.000000321. The second kappa shape index (κ2) is 6.48. The summed E-state index contributed by atoms with van der Waals surface area (Å²) in [6.45, 7) is 2.96. The van der Waals surface area contributed by atoms with E-state index in [1.54, 1.807) is 10.7 Å². The molecule has 1 aliphatic rings. The third kappa shape index (κ3) is 6.83. The maximum absolute atomic E-state index is 11.9. The molecule has 2 aromatic rings. The molecule has 0 unspecified atom stereocenters. The average molecular weight is 421 g/mol. The maximum atomic E-state index is 11.9. The number of aromatic nitrogens is 3. The van der Waals surface area contributed by atoms with Crippen LogP contribution in [0.25, 0.3) is 11.0 Å². The molecule has 7 nitrogen and oxygen atoms in total. The Morgan fingerprint density at radius 2 is 1.63 bits per heavy atom. The predicted octanol–water partition coefficient (Wildman–Crippen LogP) is 2.86. The fraction of sp³-hybridized carbons (Fsp3) is 0.462. The molecule has 1 aliphatic heterocycles. The standard InChI is InChI=1S/C13H18N5O2.F6P/c1-15(2)13(16-7-9-20-10-8-16)17-11-5-3-4-6-12(11)18(19)14-17;1-7(2,3,4,5)6/h3-6H,7-10H2,1-2H3;/q+1;-1. The SMILES string of the molecule is C[N+](C)=C(N1CCOCC1)n1n[n+]([O-])c2ccccc21.F[P-](F)(F)(F)(F)F. The number of ether oxygens (including phenoxy) is 1. The molecule has 154 valence electrons. The molecule has 1 saturated heterocycles. The average Bonchev–Trinajstić information content (AvgIpc) is 2.83. The summed E-state index contributed by atoms with van der Waals surface area (Å²) in [7, 11) is -6.75. The molecule has 1 aromatic heterocycles. The van der Waals surface area contributed by atoms with Crippen molar-refractivity contribution in [2.24, 2.45) is 0 Å². The van der Waals surface area contributed by atoms with Gasteiger partial charge in [-0.3, -0.25) is 9.48 Å². The number of halogens is 6. The van der Waals surface area contributed by atoms with Crippen LogP contribution in [0, 0.1) is 5.21 Å². The van der Waals surface area contributed by atoms with Gasteiger partial charge in [-0.2, -0.15) is 0 Å². The van der Waals surface area contributed by atoms with Gasteiger partial charge in [-0.1, -0.05) is 12.1 Å². The third-order valence-electron chi connectivity index (χ3n) is 3.37. The van der Waals surface area contributed by atoms with Gasteiger partial charge in [-0.05, 0) is 16.8 Å². The fourth-order valence-corrected chi connectivity index (χ4v) is 2.50. The van der Waals surface area contributed by atoms with Crippen molar-refractivity contribution in [3.8, 4) is 0 Å². The van der Waals surface area contributed by atoms with Gasteiger partial charge in [0.2, 0.25) is 11.0 Å². The number of para-hydroxylation sites is 2. The van der Waals surface area contributed by atoms with E-state index in [4.69, 9.17) is 4.74 Å². The van der Waals surface area contributed by atoms with E-state index in [0.29, 0.717) is 23.6 Å². The summed E-state index contributed by atoms with van der Waals surface area (Å²) in [6.07, 6.45) is 0. The molecule has 3 rings (SSSR count). The van der Waals surface area contributed by atoms with Crippen molar-refractivity contribution >= 4 is 24.8 Å². The van der Waals surface area contributed by atoms with Crippen LogP contribution in [0.4, 0.5) is 25.2 Å². The van der Waals surface area contributed by atoms with E-state index < -0.39 is 7.81 Å². The number of hydrogen-bond donors (Lipinski definition) is 0. The van der Waals surface area contributed by atoms with Crippen LogP contribution in [0.5, 0.6) is 0 Å². The molecule has 14 heteroatoms. The van der Waals surface area contributed by atoms with Crippen molar-refractivity contribution in [2.75, 3.05) is 40.4 Å². The first-order chi connectivity index (χ1) is 12.1. The van der Waals surface area contributed by atoms with Gasteiger partial charge in [0.25, 0.3) is 0 Å². The minimum absolute atomic E-state index is 0.570. The molecule has 0 spiro atoms. The molecule has 0 saturated carbocycles. The fourth-order valence-electron chi connectivity index (χ4n) is 2.50. The van der Waals surface area contributed by atoms with Crippen molar-refractivity contribution < 1.29 is 39.3 Å². The van der Waals surface area contributed by atoms with Crippen molar-refractivity contribution in [3.63, 3.8) is 0 Å². The van der Waals surface area contributed by atoms with Crippen LogP contribution in [0.15, 0.2) is 24.3 Å². The van der Waals surface area contributed by atoms with Gasteiger partial charge in [0, 0.05) is 0 Å². The Bertz CT molecular complexity index is 846. The summed E-state index contributed by atoms with van der Waals surface area (Å²) in [4.78, 5) is 2.85. The first-order valence-electron chi connectivity index (χ1n) is 7.65. The van der Waals surface area contributed by atoms with E-state index in [9.17, 15) is 30.4 Å². The van der Waals surface area contributed by atoms with Crippen molar-refractivity contribution in [2.45, 2.75) is 0 Å². The van der Waals surface area contributed by atoms with E-state index >= 15 is 0 Å². The number of benzene rings is 1. The van der Waals surface area contributed by atoms with Crippen molar-refractivity contribution in [1.82, 2.24) is 14.8 Å². The van der Waals surface area contributed by atoms with Crippen LogP contribution >= 0.6 is 7.81 Å². The third-order valence-corrected chi connectivity index (χ3v) is 3.37. The quantitative estimate of drug-likeness (QED) is 0.164. The zero-order valence-electron chi connectivity index (χ0n) is 14.4. The minimum atomic E-state index is -10.7. The van der Waals surface area contributed by atoms with E-state index in [2.05, 4.69) is 10.1 Å². The zero-order chi connectivity index (χ0) is 20.5. The summed E-state index contributed by atoms with van der Waals surface area (Å²) in [5.41, 5.74) is 1.37. The van der Waals surface area contributed by atoms with E-state index in [1.165, 1.54) is 0 Å². The van der Waals surface area contributed by atoms with Crippen LogP contribution in [-0.4, -0.2) is 65.7 Å². The molecule has 1 fully saturated rings. The summed E-state index contributed by atoms with van der Waals surface area (Å²) in [5, 5.41) is 16.0. The Hall–Kier alpha value is -2.14. The number of rotatable bonds is 0. The molecule has 0 radical (unpaired) electrons. The van der Waals surface area contributed by atoms with E-state index in [1.807, 2.05) is 36.9 Å². The summed E-state index contributed by atoms with van der Waals surface area (Å²) in [5.74, 6) is 0.888. The molecule has 0 bridgehead atoms. The molecule has 0 atom stereocenters. The van der Waals surface area contributed by atoms with Crippen molar-refractivity contribution in [1.29, 1.82) is 0 Å². The monoisotopic (exact) mass is 421 g/mol. The summed E-state index contributed by atoms with van der Waals surface area (Å²) < 4.78 is 68.3. The molecule has 0 amide bonds. The number of fused-ring (bicyclic) bond motifs is 1. The molecule has 0 aliphatic carbocycles. The first kappa shape index (κ1) is 21.2. The summed E-state index contributed by atoms with van der Waals surface area (Å²) >= 11 is 0. The molecular formula is C13H18F6N5O2P. The number of morpholine rings is 1. The van der Waals surface area contributed by atoms with Gasteiger partial charge >= 0.3 is 38.9 Å². The van der Waals surface area contributed by atoms with Gasteiger partial charge in [0.15, 0.2) is 0 Å². The number of nitrogens with zero attached hydrogens (tertiary/aromatic N) is 5. The first-order valence-corrected chi connectivity index (χ1v) is 9.67. The Morgan fingerprint density at radius 3 is 2.15 bits per heavy atom. The molecule has 0 N–H and O–H groups in total. The van der Waals surface area contributed by atoms with Crippen LogP contribution < -0.4 is 4.85 Å². The Morgan fingerprint density at radius 1 is 1.11 bits per heavy atom. The van der Waals surface area contributed by atoms with Crippen LogP contribution in [0.3, 0.4) is 0 Å². The van der Waals surface area contributed by atoms with E-state index in [0.717, 1.165) is 24.6 Å². The Labute approximate surface area is 149 Å². The number of hydrogen-bond acceptors (Lipinski definition) is 3.